The Hall–Kier alpha value is -3.41. The minimum atomic E-state index is -0.187. The summed E-state index contributed by atoms with van der Waals surface area (Å²) in [5.41, 5.74) is 4.57. The number of hydrogen-bond acceptors (Lipinski definition) is 4. The number of nitrogens with zero attached hydrogens (tertiary/aromatic N) is 4. The number of amides is 1. The third-order valence-corrected chi connectivity index (χ3v) is 4.15. The monoisotopic (exact) mass is 331 g/mol. The van der Waals surface area contributed by atoms with Gasteiger partial charge in [0.25, 0.3) is 5.91 Å². The molecular formula is C19H17N5O. The molecule has 0 fully saturated rings. The molecule has 124 valence electrons. The number of carbonyl (C=O) groups is 1. The summed E-state index contributed by atoms with van der Waals surface area (Å²) in [6.07, 6.45) is 5.09. The Morgan fingerprint density at radius 1 is 1.12 bits per heavy atom. The highest BCUT2D eigenvalue weighted by molar-refractivity contribution is 6.17. The van der Waals surface area contributed by atoms with Gasteiger partial charge >= 0.3 is 0 Å². The summed E-state index contributed by atoms with van der Waals surface area (Å²) in [6, 6.07) is 13.5. The van der Waals surface area contributed by atoms with Crippen LogP contribution in [-0.4, -0.2) is 34.4 Å². The molecule has 0 saturated carbocycles. The molecule has 1 N–H and O–H groups in total. The number of carbonyl (C=O) groups excluding carboxylic acids is 1. The maximum atomic E-state index is 13.0. The molecule has 0 atom stereocenters. The van der Waals surface area contributed by atoms with E-state index in [0.717, 1.165) is 22.4 Å². The number of aromatic nitrogens is 3. The van der Waals surface area contributed by atoms with Crippen LogP contribution in [0.25, 0.3) is 16.6 Å². The van der Waals surface area contributed by atoms with Crippen molar-refractivity contribution in [1.29, 1.82) is 0 Å². The summed E-state index contributed by atoms with van der Waals surface area (Å²) in [7, 11) is 3.93. The Balaban J connectivity index is 1.81. The fourth-order valence-corrected chi connectivity index (χ4v) is 2.95. The van der Waals surface area contributed by atoms with E-state index in [2.05, 4.69) is 15.3 Å². The van der Waals surface area contributed by atoms with Gasteiger partial charge in [-0.15, -0.1) is 0 Å². The SMILES string of the molecule is CN(C)c1cccc(NC(=O)c2c3ncncc3n3ccccc23)c1. The molecule has 0 radical (unpaired) electrons. The smallest absolute Gasteiger partial charge is 0.260 e. The summed E-state index contributed by atoms with van der Waals surface area (Å²) < 4.78 is 1.93. The Labute approximate surface area is 144 Å². The highest BCUT2D eigenvalue weighted by Crippen LogP contribution is 2.26. The average molecular weight is 331 g/mol. The molecule has 0 saturated heterocycles. The van der Waals surface area contributed by atoms with Crippen molar-refractivity contribution in [2.75, 3.05) is 24.3 Å². The average Bonchev–Trinajstić information content (AvgIpc) is 2.96. The Morgan fingerprint density at radius 3 is 2.84 bits per heavy atom. The van der Waals surface area contributed by atoms with Gasteiger partial charge in [-0.05, 0) is 30.3 Å². The van der Waals surface area contributed by atoms with Gasteiger partial charge < -0.3 is 14.6 Å². The van der Waals surface area contributed by atoms with Crippen molar-refractivity contribution < 1.29 is 4.79 Å². The molecule has 3 heterocycles. The molecule has 0 unspecified atom stereocenters. The van der Waals surface area contributed by atoms with Crippen LogP contribution >= 0.6 is 0 Å². The Morgan fingerprint density at radius 2 is 2.00 bits per heavy atom. The van der Waals surface area contributed by atoms with Crippen molar-refractivity contribution in [3.8, 4) is 0 Å². The van der Waals surface area contributed by atoms with Crippen LogP contribution < -0.4 is 10.2 Å². The van der Waals surface area contributed by atoms with E-state index in [1.165, 1.54) is 6.33 Å². The predicted octanol–water partition coefficient (Wildman–Crippen LogP) is 3.20. The van der Waals surface area contributed by atoms with E-state index < -0.39 is 0 Å². The normalized spacial score (nSPS) is 11.0. The number of pyridine rings is 1. The van der Waals surface area contributed by atoms with Crippen LogP contribution in [0.15, 0.2) is 61.2 Å². The summed E-state index contributed by atoms with van der Waals surface area (Å²) in [5, 5.41) is 2.98. The Bertz CT molecular complexity index is 1030. The van der Waals surface area contributed by atoms with Gasteiger partial charge in [0.2, 0.25) is 0 Å². The summed E-state index contributed by atoms with van der Waals surface area (Å²) in [6.45, 7) is 0. The van der Waals surface area contributed by atoms with Crippen molar-refractivity contribution in [3.05, 3.63) is 66.7 Å². The quantitative estimate of drug-likeness (QED) is 0.626. The van der Waals surface area contributed by atoms with Gasteiger partial charge in [0.05, 0.1) is 22.8 Å². The first kappa shape index (κ1) is 15.1. The van der Waals surface area contributed by atoms with Crippen LogP contribution in [0, 0.1) is 0 Å². The first-order chi connectivity index (χ1) is 12.1. The first-order valence-corrected chi connectivity index (χ1v) is 7.92. The lowest BCUT2D eigenvalue weighted by Gasteiger charge is -2.14. The van der Waals surface area contributed by atoms with E-state index in [-0.39, 0.29) is 5.91 Å². The highest BCUT2D eigenvalue weighted by atomic mass is 16.1. The van der Waals surface area contributed by atoms with Gasteiger partial charge in [-0.1, -0.05) is 12.1 Å². The predicted molar refractivity (Wildman–Crippen MR) is 99.2 cm³/mol. The van der Waals surface area contributed by atoms with E-state index in [4.69, 9.17) is 0 Å². The first-order valence-electron chi connectivity index (χ1n) is 7.92. The van der Waals surface area contributed by atoms with E-state index in [1.807, 2.05) is 72.1 Å². The number of fused-ring (bicyclic) bond motifs is 3. The molecule has 0 bridgehead atoms. The lowest BCUT2D eigenvalue weighted by Crippen LogP contribution is -2.13. The Kier molecular flexibility index (Phi) is 3.57. The molecule has 3 aromatic heterocycles. The van der Waals surface area contributed by atoms with Crippen LogP contribution in [-0.2, 0) is 0 Å². The minimum Gasteiger partial charge on any atom is -0.378 e. The molecule has 0 spiro atoms. The number of benzene rings is 1. The van der Waals surface area contributed by atoms with Crippen molar-refractivity contribution in [2.45, 2.75) is 0 Å². The van der Waals surface area contributed by atoms with Crippen LogP contribution in [0.5, 0.6) is 0 Å². The maximum absolute atomic E-state index is 13.0. The molecule has 6 heteroatoms. The van der Waals surface area contributed by atoms with Gasteiger partial charge in [-0.25, -0.2) is 9.97 Å². The summed E-state index contributed by atoms with van der Waals surface area (Å²) in [4.78, 5) is 23.4. The minimum absolute atomic E-state index is 0.187. The standard InChI is InChI=1S/C19H17N5O/c1-23(2)14-7-5-6-13(10-14)22-19(25)17-15-8-3-4-9-24(15)16-11-20-12-21-18(16)17/h3-12H,1-2H3,(H,22,25). The van der Waals surface area contributed by atoms with Gasteiger partial charge in [0.15, 0.2) is 0 Å². The van der Waals surface area contributed by atoms with E-state index in [0.29, 0.717) is 11.1 Å². The fraction of sp³-hybridized carbons (Fsp3) is 0.105. The largest absolute Gasteiger partial charge is 0.378 e. The molecular weight excluding hydrogens is 314 g/mol. The fourth-order valence-electron chi connectivity index (χ4n) is 2.95. The maximum Gasteiger partial charge on any atom is 0.260 e. The van der Waals surface area contributed by atoms with E-state index in [1.54, 1.807) is 6.20 Å². The number of anilines is 2. The lowest BCUT2D eigenvalue weighted by atomic mass is 10.2. The molecule has 4 rings (SSSR count). The van der Waals surface area contributed by atoms with Crippen molar-refractivity contribution in [2.24, 2.45) is 0 Å². The molecule has 6 nitrogen and oxygen atoms in total. The molecule has 0 aliphatic rings. The lowest BCUT2D eigenvalue weighted by molar-refractivity contribution is 0.102. The number of nitrogens with one attached hydrogen (secondary N) is 1. The third-order valence-electron chi connectivity index (χ3n) is 4.15. The van der Waals surface area contributed by atoms with Crippen molar-refractivity contribution in [3.63, 3.8) is 0 Å². The van der Waals surface area contributed by atoms with Crippen molar-refractivity contribution in [1.82, 2.24) is 14.4 Å². The highest BCUT2D eigenvalue weighted by Gasteiger charge is 2.19. The van der Waals surface area contributed by atoms with E-state index >= 15 is 0 Å². The van der Waals surface area contributed by atoms with E-state index in [9.17, 15) is 4.79 Å². The topological polar surface area (TPSA) is 62.5 Å². The second-order valence-corrected chi connectivity index (χ2v) is 5.99. The van der Waals surface area contributed by atoms with Crippen LogP contribution in [0.4, 0.5) is 11.4 Å². The van der Waals surface area contributed by atoms with Gasteiger partial charge in [-0.3, -0.25) is 4.79 Å². The third kappa shape index (κ3) is 2.57. The molecule has 1 aromatic carbocycles. The van der Waals surface area contributed by atoms with Crippen LogP contribution in [0.1, 0.15) is 10.4 Å². The molecule has 0 aliphatic heterocycles. The molecule has 0 aliphatic carbocycles. The van der Waals surface area contributed by atoms with Gasteiger partial charge in [-0.2, -0.15) is 0 Å². The zero-order valence-electron chi connectivity index (χ0n) is 14.0. The van der Waals surface area contributed by atoms with Crippen LogP contribution in [0.3, 0.4) is 0 Å². The molecule has 4 aromatic rings. The zero-order chi connectivity index (χ0) is 17.4. The summed E-state index contributed by atoms with van der Waals surface area (Å²) >= 11 is 0. The molecule has 25 heavy (non-hydrogen) atoms. The second-order valence-electron chi connectivity index (χ2n) is 5.99. The van der Waals surface area contributed by atoms with Gasteiger partial charge in [0, 0.05) is 31.7 Å². The van der Waals surface area contributed by atoms with Gasteiger partial charge in [0.1, 0.15) is 11.8 Å². The summed E-state index contributed by atoms with van der Waals surface area (Å²) in [5.74, 6) is -0.187. The zero-order valence-corrected chi connectivity index (χ0v) is 14.0. The second kappa shape index (κ2) is 5.90. The number of rotatable bonds is 3. The molecule has 1 amide bonds. The van der Waals surface area contributed by atoms with Crippen molar-refractivity contribution >= 4 is 33.8 Å². The number of hydrogen-bond donors (Lipinski definition) is 1. The van der Waals surface area contributed by atoms with Crippen LogP contribution in [0.2, 0.25) is 0 Å².